The highest BCUT2D eigenvalue weighted by Gasteiger charge is 2.27. The van der Waals surface area contributed by atoms with Crippen LogP contribution in [0, 0.1) is 0 Å². The van der Waals surface area contributed by atoms with Gasteiger partial charge in [-0.25, -0.2) is 0 Å². The molecule has 0 saturated heterocycles. The van der Waals surface area contributed by atoms with Crippen molar-refractivity contribution in [2.75, 3.05) is 0 Å². The first-order valence-corrected chi connectivity index (χ1v) is 4.53. The predicted molar refractivity (Wildman–Crippen MR) is 39.0 cm³/mol. The van der Waals surface area contributed by atoms with Gasteiger partial charge in [-0.15, -0.1) is 0 Å². The molecule has 0 aromatic carbocycles. The van der Waals surface area contributed by atoms with Crippen LogP contribution in [0.4, 0.5) is 0 Å². The van der Waals surface area contributed by atoms with Gasteiger partial charge >= 0.3 is 0 Å². The van der Waals surface area contributed by atoms with Gasteiger partial charge in [-0.2, -0.15) is 0 Å². The standard InChI is InChI=1S/C4H3ClOS2/c5-4(3-6)1-2-7-8-4/h1-3H. The summed E-state index contributed by atoms with van der Waals surface area (Å²) in [6.07, 6.45) is 2.41. The molecule has 1 heterocycles. The molecule has 1 nitrogen and oxygen atoms in total. The summed E-state index contributed by atoms with van der Waals surface area (Å²) in [4.78, 5) is 10.1. The zero-order valence-corrected chi connectivity index (χ0v) is 6.22. The fourth-order valence-corrected chi connectivity index (χ4v) is 2.56. The van der Waals surface area contributed by atoms with Gasteiger partial charge in [0.25, 0.3) is 0 Å². The number of hydrogen-bond acceptors (Lipinski definition) is 3. The molecule has 0 amide bonds. The van der Waals surface area contributed by atoms with E-state index >= 15 is 0 Å². The third kappa shape index (κ3) is 1.21. The fourth-order valence-electron chi connectivity index (χ4n) is 0.309. The van der Waals surface area contributed by atoms with Crippen LogP contribution in [-0.4, -0.2) is 10.5 Å². The lowest BCUT2D eigenvalue weighted by atomic mass is 10.4. The van der Waals surface area contributed by atoms with Crippen LogP contribution >= 0.6 is 33.2 Å². The molecule has 1 atom stereocenters. The van der Waals surface area contributed by atoms with Gasteiger partial charge in [0.15, 0.2) is 10.5 Å². The summed E-state index contributed by atoms with van der Waals surface area (Å²) in [5.74, 6) is 0. The summed E-state index contributed by atoms with van der Waals surface area (Å²) >= 11 is 5.64. The molecule has 0 spiro atoms. The Morgan fingerprint density at radius 2 is 2.50 bits per heavy atom. The van der Waals surface area contributed by atoms with E-state index in [0.717, 1.165) is 6.29 Å². The molecule has 0 N–H and O–H groups in total. The first kappa shape index (κ1) is 6.52. The molecule has 1 rings (SSSR count). The molecule has 0 fully saturated rings. The van der Waals surface area contributed by atoms with Crippen LogP contribution in [0.1, 0.15) is 0 Å². The number of carbonyl (C=O) groups excluding carboxylic acids is 1. The van der Waals surface area contributed by atoms with Crippen molar-refractivity contribution < 1.29 is 4.79 Å². The van der Waals surface area contributed by atoms with E-state index in [0.29, 0.717) is 0 Å². The van der Waals surface area contributed by atoms with Crippen molar-refractivity contribution in [2.24, 2.45) is 0 Å². The number of carbonyl (C=O) groups is 1. The lowest BCUT2D eigenvalue weighted by Gasteiger charge is -2.04. The largest absolute Gasteiger partial charge is 0.300 e. The molecule has 4 heteroatoms. The van der Waals surface area contributed by atoms with Crippen LogP contribution in [0.3, 0.4) is 0 Å². The molecule has 44 valence electrons. The average Bonchev–Trinajstić information content (AvgIpc) is 2.17. The fraction of sp³-hybridized carbons (Fsp3) is 0.250. The Labute approximate surface area is 60.2 Å². The van der Waals surface area contributed by atoms with Crippen molar-refractivity contribution in [1.29, 1.82) is 0 Å². The third-order valence-corrected chi connectivity index (χ3v) is 3.69. The lowest BCUT2D eigenvalue weighted by molar-refractivity contribution is -0.107. The summed E-state index contributed by atoms with van der Waals surface area (Å²) in [6.45, 7) is 0. The molecule has 0 aromatic rings. The molecule has 8 heavy (non-hydrogen) atoms. The predicted octanol–water partition coefficient (Wildman–Crippen LogP) is 2.03. The summed E-state index contributed by atoms with van der Waals surface area (Å²) in [6, 6.07) is 0. The zero-order valence-electron chi connectivity index (χ0n) is 3.83. The Balaban J connectivity index is 2.67. The van der Waals surface area contributed by atoms with Gasteiger partial charge in [-0.05, 0) is 11.5 Å². The van der Waals surface area contributed by atoms with Gasteiger partial charge < -0.3 is 4.79 Å². The minimum atomic E-state index is -0.773. The van der Waals surface area contributed by atoms with E-state index in [1.165, 1.54) is 21.6 Å². The van der Waals surface area contributed by atoms with Crippen molar-refractivity contribution in [3.63, 3.8) is 0 Å². The number of hydrogen-bond donors (Lipinski definition) is 0. The Morgan fingerprint density at radius 1 is 1.75 bits per heavy atom. The molecule has 0 saturated carbocycles. The second-order valence-electron chi connectivity index (χ2n) is 1.30. The number of rotatable bonds is 1. The van der Waals surface area contributed by atoms with Gasteiger partial charge in [0.2, 0.25) is 0 Å². The summed E-state index contributed by atoms with van der Waals surface area (Å²) < 4.78 is -0.773. The second kappa shape index (κ2) is 2.33. The highest BCUT2D eigenvalue weighted by atomic mass is 35.5. The van der Waals surface area contributed by atoms with Crippen LogP contribution in [0.2, 0.25) is 0 Å². The third-order valence-electron chi connectivity index (χ3n) is 0.687. The maximum Gasteiger partial charge on any atom is 0.174 e. The maximum atomic E-state index is 10.1. The SMILES string of the molecule is O=CC1(Cl)C=CSS1. The number of alkyl halides is 1. The Morgan fingerprint density at radius 3 is 2.75 bits per heavy atom. The van der Waals surface area contributed by atoms with E-state index in [2.05, 4.69) is 0 Å². The normalized spacial score (nSPS) is 35.6. The zero-order chi connectivity index (χ0) is 6.04. The van der Waals surface area contributed by atoms with Crippen LogP contribution in [0.25, 0.3) is 0 Å². The smallest absolute Gasteiger partial charge is 0.174 e. The van der Waals surface area contributed by atoms with Crippen LogP contribution in [0.5, 0.6) is 0 Å². The number of halogens is 1. The van der Waals surface area contributed by atoms with E-state index in [4.69, 9.17) is 11.6 Å². The van der Waals surface area contributed by atoms with Gasteiger partial charge in [-0.3, -0.25) is 0 Å². The first-order chi connectivity index (χ1) is 3.77. The average molecular weight is 167 g/mol. The van der Waals surface area contributed by atoms with Crippen molar-refractivity contribution in [1.82, 2.24) is 0 Å². The molecule has 0 aliphatic carbocycles. The highest BCUT2D eigenvalue weighted by Crippen LogP contribution is 2.45. The number of aldehydes is 1. The monoisotopic (exact) mass is 166 g/mol. The molecule has 1 unspecified atom stereocenters. The van der Waals surface area contributed by atoms with E-state index in [1.807, 2.05) is 5.41 Å². The van der Waals surface area contributed by atoms with Gasteiger partial charge in [0.05, 0.1) is 0 Å². The van der Waals surface area contributed by atoms with E-state index in [-0.39, 0.29) is 0 Å². The van der Waals surface area contributed by atoms with Crippen LogP contribution in [0.15, 0.2) is 11.5 Å². The first-order valence-electron chi connectivity index (χ1n) is 1.94. The summed E-state index contributed by atoms with van der Waals surface area (Å²) in [5, 5.41) is 1.81. The van der Waals surface area contributed by atoms with Crippen LogP contribution in [-0.2, 0) is 4.79 Å². The van der Waals surface area contributed by atoms with E-state index in [1.54, 1.807) is 6.08 Å². The minimum absolute atomic E-state index is 0.732. The maximum absolute atomic E-state index is 10.1. The van der Waals surface area contributed by atoms with Crippen molar-refractivity contribution in [3.8, 4) is 0 Å². The Hall–Kier alpha value is 0.400. The quantitative estimate of drug-likeness (QED) is 0.337. The highest BCUT2D eigenvalue weighted by molar-refractivity contribution is 8.79. The minimum Gasteiger partial charge on any atom is -0.300 e. The van der Waals surface area contributed by atoms with Gasteiger partial charge in [0, 0.05) is 0 Å². The molecule has 0 radical (unpaired) electrons. The van der Waals surface area contributed by atoms with Gasteiger partial charge in [0.1, 0.15) is 0 Å². The molecule has 1 aliphatic heterocycles. The van der Waals surface area contributed by atoms with E-state index in [9.17, 15) is 4.79 Å². The summed E-state index contributed by atoms with van der Waals surface area (Å²) in [5.41, 5.74) is 0. The summed E-state index contributed by atoms with van der Waals surface area (Å²) in [7, 11) is 2.83. The second-order valence-corrected chi connectivity index (χ2v) is 4.53. The van der Waals surface area contributed by atoms with Crippen LogP contribution < -0.4 is 0 Å². The lowest BCUT2D eigenvalue weighted by Crippen LogP contribution is -2.09. The van der Waals surface area contributed by atoms with Crippen molar-refractivity contribution in [2.45, 2.75) is 4.21 Å². The Kier molecular flexibility index (Phi) is 1.90. The van der Waals surface area contributed by atoms with Crippen molar-refractivity contribution in [3.05, 3.63) is 11.5 Å². The van der Waals surface area contributed by atoms with Crippen molar-refractivity contribution >= 4 is 39.5 Å². The topological polar surface area (TPSA) is 17.1 Å². The van der Waals surface area contributed by atoms with E-state index < -0.39 is 4.21 Å². The van der Waals surface area contributed by atoms with Gasteiger partial charge in [-0.1, -0.05) is 33.2 Å². The Bertz CT molecular complexity index is 136. The molecular weight excluding hydrogens is 164 g/mol. The molecule has 0 aromatic heterocycles. The molecule has 1 aliphatic rings. The molecule has 0 bridgehead atoms. The molecular formula is C4H3ClOS2.